The van der Waals surface area contributed by atoms with E-state index >= 15 is 0 Å². The number of nitrogens with zero attached hydrogens (tertiary/aromatic N) is 1. The topological polar surface area (TPSA) is 23.8 Å². The van der Waals surface area contributed by atoms with E-state index in [1.165, 1.54) is 63.4 Å². The van der Waals surface area contributed by atoms with E-state index in [1.807, 2.05) is 6.08 Å². The van der Waals surface area contributed by atoms with E-state index in [-0.39, 0.29) is 0 Å². The van der Waals surface area contributed by atoms with Crippen LogP contribution < -0.4 is 0 Å². The molecule has 0 radical (unpaired) electrons. The molecule has 0 N–H and O–H groups in total. The van der Waals surface area contributed by atoms with Crippen molar-refractivity contribution in [3.63, 3.8) is 0 Å². The monoisotopic (exact) mass is 349 g/mol. The number of nitriles is 1. The molecule has 0 saturated heterocycles. The van der Waals surface area contributed by atoms with Crippen LogP contribution in [-0.2, 0) is 6.42 Å². The zero-order valence-corrected chi connectivity index (χ0v) is 16.5. The second-order valence-corrected chi connectivity index (χ2v) is 8.60. The van der Waals surface area contributed by atoms with Gasteiger partial charge in [0.1, 0.15) is 0 Å². The van der Waals surface area contributed by atoms with Gasteiger partial charge in [0.2, 0.25) is 0 Å². The zero-order chi connectivity index (χ0) is 18.2. The Kier molecular flexibility index (Phi) is 7.36. The molecular formula is C25H35N. The molecule has 0 bridgehead atoms. The molecule has 0 aliphatic heterocycles. The van der Waals surface area contributed by atoms with Crippen molar-refractivity contribution in [2.75, 3.05) is 0 Å². The number of allylic oxidation sites excluding steroid dienone is 2. The molecule has 2 aliphatic rings. The van der Waals surface area contributed by atoms with Gasteiger partial charge in [0.25, 0.3) is 0 Å². The Morgan fingerprint density at radius 2 is 1.54 bits per heavy atom. The SMILES string of the molecule is CCc1ccc(C2CCC(C3CCC(CCC=CC#N)CC3)CC2)cc1. The van der Waals surface area contributed by atoms with Crippen molar-refractivity contribution in [3.8, 4) is 6.07 Å². The van der Waals surface area contributed by atoms with Crippen LogP contribution >= 0.6 is 0 Å². The van der Waals surface area contributed by atoms with Crippen molar-refractivity contribution in [2.24, 2.45) is 17.8 Å². The van der Waals surface area contributed by atoms with E-state index in [1.54, 1.807) is 11.6 Å². The van der Waals surface area contributed by atoms with Crippen molar-refractivity contribution in [2.45, 2.75) is 83.5 Å². The molecule has 0 spiro atoms. The summed E-state index contributed by atoms with van der Waals surface area (Å²) in [5.41, 5.74) is 3.04. The predicted molar refractivity (Wildman–Crippen MR) is 110 cm³/mol. The lowest BCUT2D eigenvalue weighted by Gasteiger charge is -2.38. The molecule has 2 saturated carbocycles. The highest BCUT2D eigenvalue weighted by atomic mass is 14.4. The summed E-state index contributed by atoms with van der Waals surface area (Å²) in [6.07, 6.45) is 18.6. The van der Waals surface area contributed by atoms with Crippen LogP contribution in [0.1, 0.15) is 88.2 Å². The molecule has 2 aliphatic carbocycles. The second kappa shape index (κ2) is 9.96. The average Bonchev–Trinajstić information content (AvgIpc) is 2.72. The molecule has 2 fully saturated rings. The van der Waals surface area contributed by atoms with Crippen LogP contribution in [0.15, 0.2) is 36.4 Å². The number of hydrogen-bond acceptors (Lipinski definition) is 1. The van der Waals surface area contributed by atoms with Gasteiger partial charge in [-0.15, -0.1) is 0 Å². The molecule has 1 heteroatoms. The molecule has 1 aromatic carbocycles. The largest absolute Gasteiger partial charge is 0.193 e. The Bertz CT molecular complexity index is 590. The predicted octanol–water partition coefficient (Wildman–Crippen LogP) is 7.19. The van der Waals surface area contributed by atoms with Crippen LogP contribution in [0.25, 0.3) is 0 Å². The fourth-order valence-corrected chi connectivity index (χ4v) is 5.37. The lowest BCUT2D eigenvalue weighted by molar-refractivity contribution is 0.157. The maximum absolute atomic E-state index is 8.56. The van der Waals surface area contributed by atoms with Gasteiger partial charge in [-0.2, -0.15) is 5.26 Å². The van der Waals surface area contributed by atoms with Gasteiger partial charge in [-0.25, -0.2) is 0 Å². The minimum atomic E-state index is 0.806. The zero-order valence-electron chi connectivity index (χ0n) is 16.5. The highest BCUT2D eigenvalue weighted by Gasteiger charge is 2.31. The van der Waals surface area contributed by atoms with Gasteiger partial charge in [-0.3, -0.25) is 0 Å². The molecule has 26 heavy (non-hydrogen) atoms. The molecule has 0 heterocycles. The van der Waals surface area contributed by atoms with Crippen LogP contribution in [0.5, 0.6) is 0 Å². The third-order valence-corrected chi connectivity index (χ3v) is 7.12. The maximum Gasteiger partial charge on any atom is 0.0908 e. The van der Waals surface area contributed by atoms with E-state index in [0.29, 0.717) is 0 Å². The smallest absolute Gasteiger partial charge is 0.0908 e. The van der Waals surface area contributed by atoms with Crippen LogP contribution in [0, 0.1) is 29.1 Å². The first kappa shape index (κ1) is 19.2. The number of benzene rings is 1. The van der Waals surface area contributed by atoms with E-state index in [4.69, 9.17) is 5.26 Å². The summed E-state index contributed by atoms with van der Waals surface area (Å²) < 4.78 is 0. The quantitative estimate of drug-likeness (QED) is 0.499. The van der Waals surface area contributed by atoms with Crippen molar-refractivity contribution in [1.82, 2.24) is 0 Å². The molecule has 1 aromatic rings. The minimum Gasteiger partial charge on any atom is -0.193 e. The van der Waals surface area contributed by atoms with Crippen molar-refractivity contribution in [1.29, 1.82) is 5.26 Å². The van der Waals surface area contributed by atoms with E-state index in [0.717, 1.165) is 36.5 Å². The van der Waals surface area contributed by atoms with Gasteiger partial charge < -0.3 is 0 Å². The maximum atomic E-state index is 8.56. The summed E-state index contributed by atoms with van der Waals surface area (Å²) in [5, 5.41) is 8.56. The Morgan fingerprint density at radius 3 is 2.12 bits per heavy atom. The third-order valence-electron chi connectivity index (χ3n) is 7.12. The lowest BCUT2D eigenvalue weighted by Crippen LogP contribution is -2.25. The Labute approximate surface area is 160 Å². The third kappa shape index (κ3) is 5.23. The van der Waals surface area contributed by atoms with Crippen LogP contribution in [0.2, 0.25) is 0 Å². The first-order valence-electron chi connectivity index (χ1n) is 10.9. The molecule has 3 rings (SSSR count). The molecule has 140 valence electrons. The molecule has 0 aromatic heterocycles. The first-order chi connectivity index (χ1) is 12.8. The average molecular weight is 350 g/mol. The van der Waals surface area contributed by atoms with E-state index < -0.39 is 0 Å². The van der Waals surface area contributed by atoms with Gasteiger partial charge in [0, 0.05) is 6.08 Å². The van der Waals surface area contributed by atoms with Gasteiger partial charge >= 0.3 is 0 Å². The number of aryl methyl sites for hydroxylation is 1. The summed E-state index contributed by atoms with van der Waals surface area (Å²) in [7, 11) is 0. The summed E-state index contributed by atoms with van der Waals surface area (Å²) in [6.45, 7) is 2.23. The fraction of sp³-hybridized carbons (Fsp3) is 0.640. The van der Waals surface area contributed by atoms with Crippen LogP contribution in [-0.4, -0.2) is 0 Å². The summed E-state index contributed by atoms with van der Waals surface area (Å²) in [5.74, 6) is 3.69. The van der Waals surface area contributed by atoms with E-state index in [2.05, 4.69) is 37.3 Å². The lowest BCUT2D eigenvalue weighted by atomic mass is 9.68. The van der Waals surface area contributed by atoms with Crippen molar-refractivity contribution < 1.29 is 0 Å². The Hall–Kier alpha value is -1.55. The molecule has 0 unspecified atom stereocenters. The highest BCUT2D eigenvalue weighted by molar-refractivity contribution is 5.25. The van der Waals surface area contributed by atoms with Crippen molar-refractivity contribution in [3.05, 3.63) is 47.5 Å². The molecule has 1 nitrogen and oxygen atoms in total. The summed E-state index contributed by atoms with van der Waals surface area (Å²) in [6, 6.07) is 11.5. The van der Waals surface area contributed by atoms with Crippen molar-refractivity contribution >= 4 is 0 Å². The molecule has 0 amide bonds. The molecule has 0 atom stereocenters. The van der Waals surface area contributed by atoms with Gasteiger partial charge in [0.15, 0.2) is 0 Å². The number of hydrogen-bond donors (Lipinski definition) is 0. The highest BCUT2D eigenvalue weighted by Crippen LogP contribution is 2.44. The molecular weight excluding hydrogens is 314 g/mol. The standard InChI is InChI=1S/C25H35N/c1-2-20-7-11-22(12-8-20)24-15-17-25(18-16-24)23-13-9-21(10-14-23)6-4-3-5-19-26/h3,5,7-8,11-12,21,23-25H,2,4,6,9-10,13-18H2,1H3. The fourth-order valence-electron chi connectivity index (χ4n) is 5.37. The van der Waals surface area contributed by atoms with Gasteiger partial charge in [-0.05, 0) is 92.6 Å². The minimum absolute atomic E-state index is 0.806. The number of rotatable bonds is 6. The summed E-state index contributed by atoms with van der Waals surface area (Å²) in [4.78, 5) is 0. The Morgan fingerprint density at radius 1 is 0.923 bits per heavy atom. The van der Waals surface area contributed by atoms with Crippen LogP contribution in [0.4, 0.5) is 0 Å². The normalized spacial score (nSPS) is 29.5. The first-order valence-corrected chi connectivity index (χ1v) is 10.9. The van der Waals surface area contributed by atoms with E-state index in [9.17, 15) is 0 Å². The Balaban J connectivity index is 1.40. The van der Waals surface area contributed by atoms with Crippen LogP contribution in [0.3, 0.4) is 0 Å². The van der Waals surface area contributed by atoms with Gasteiger partial charge in [0.05, 0.1) is 6.07 Å². The second-order valence-electron chi connectivity index (χ2n) is 8.60. The summed E-state index contributed by atoms with van der Waals surface area (Å²) >= 11 is 0. The van der Waals surface area contributed by atoms with Gasteiger partial charge in [-0.1, -0.05) is 50.1 Å².